The van der Waals surface area contributed by atoms with E-state index in [4.69, 9.17) is 0 Å². The van der Waals surface area contributed by atoms with Gasteiger partial charge in [-0.2, -0.15) is 0 Å². The number of benzene rings is 11. The Balaban J connectivity index is 1.09. The standard InChI is InChI=1S/C58H34SSe/c1-2-16-35(17-3-1)53-39-19-4-8-23-43(39)55(44-24-9-5-20-40(44)53)47-27-15-31-52-57(47)49-29-14-28-48(58(49)60-52)56-45-25-10-6-21-41(45)54(42-22-7-11-26-46(42)56)36-32-33-38-37-18-12-13-30-50(37)59-51(38)34-36/h1-34H. The van der Waals surface area contributed by atoms with E-state index in [1.54, 1.807) is 0 Å². The molecule has 0 amide bonds. The fraction of sp³-hybridized carbons (Fsp3) is 0. The molecule has 0 atom stereocenters. The van der Waals surface area contributed by atoms with Gasteiger partial charge in [0.05, 0.1) is 0 Å². The van der Waals surface area contributed by atoms with Crippen molar-refractivity contribution in [3.05, 3.63) is 206 Å². The molecular weight excluding hydrogens is 808 g/mol. The quantitative estimate of drug-likeness (QED) is 0.122. The first kappa shape index (κ1) is 34.1. The Hall–Kier alpha value is -6.80. The third-order valence-corrected chi connectivity index (χ3v) is 16.3. The molecular formula is C58H34SSe. The molecule has 2 heteroatoms. The Morgan fingerprint density at radius 2 is 0.733 bits per heavy atom. The van der Waals surface area contributed by atoms with Crippen LogP contribution in [0.1, 0.15) is 0 Å². The van der Waals surface area contributed by atoms with Crippen molar-refractivity contribution in [3.63, 3.8) is 0 Å². The summed E-state index contributed by atoms with van der Waals surface area (Å²) in [4.78, 5) is 0. The van der Waals surface area contributed by atoms with Crippen LogP contribution >= 0.6 is 11.3 Å². The van der Waals surface area contributed by atoms with Gasteiger partial charge in [-0.15, -0.1) is 0 Å². The van der Waals surface area contributed by atoms with E-state index in [1.165, 1.54) is 127 Å². The van der Waals surface area contributed by atoms with Crippen molar-refractivity contribution < 1.29 is 0 Å². The molecule has 0 aliphatic rings. The van der Waals surface area contributed by atoms with Crippen molar-refractivity contribution in [3.8, 4) is 44.5 Å². The van der Waals surface area contributed by atoms with Crippen molar-refractivity contribution in [2.24, 2.45) is 0 Å². The zero-order valence-electron chi connectivity index (χ0n) is 32.4. The number of rotatable bonds is 4. The topological polar surface area (TPSA) is 0 Å². The van der Waals surface area contributed by atoms with Gasteiger partial charge in [-0.05, 0) is 0 Å². The molecule has 60 heavy (non-hydrogen) atoms. The van der Waals surface area contributed by atoms with Crippen LogP contribution in [0, 0.1) is 0 Å². The molecule has 0 spiro atoms. The Labute approximate surface area is 357 Å². The molecule has 0 N–H and O–H groups in total. The van der Waals surface area contributed by atoms with Crippen LogP contribution in [0.25, 0.3) is 127 Å². The molecule has 13 aromatic rings. The summed E-state index contributed by atoms with van der Waals surface area (Å²) in [6.45, 7) is 0. The van der Waals surface area contributed by atoms with E-state index < -0.39 is 0 Å². The van der Waals surface area contributed by atoms with Crippen LogP contribution in [0.5, 0.6) is 0 Å². The molecule has 2 heterocycles. The first-order chi connectivity index (χ1) is 29.8. The van der Waals surface area contributed by atoms with E-state index in [2.05, 4.69) is 206 Å². The van der Waals surface area contributed by atoms with Crippen molar-refractivity contribution in [1.29, 1.82) is 0 Å². The first-order valence-corrected chi connectivity index (χ1v) is 23.1. The minimum absolute atomic E-state index is 0.111. The van der Waals surface area contributed by atoms with Gasteiger partial charge in [-0.25, -0.2) is 0 Å². The van der Waals surface area contributed by atoms with Gasteiger partial charge in [0.2, 0.25) is 0 Å². The van der Waals surface area contributed by atoms with Crippen LogP contribution in [0.15, 0.2) is 206 Å². The maximum atomic E-state index is 2.43. The third kappa shape index (κ3) is 4.97. The predicted octanol–water partition coefficient (Wildman–Crippen LogP) is 16.7. The second kappa shape index (κ2) is 13.4. The van der Waals surface area contributed by atoms with Gasteiger partial charge in [0, 0.05) is 0 Å². The van der Waals surface area contributed by atoms with E-state index in [-0.39, 0.29) is 14.5 Å². The van der Waals surface area contributed by atoms with Gasteiger partial charge in [0.25, 0.3) is 0 Å². The summed E-state index contributed by atoms with van der Waals surface area (Å²) in [7, 11) is 0. The molecule has 0 saturated carbocycles. The number of fused-ring (bicyclic) bond motifs is 10. The summed E-state index contributed by atoms with van der Waals surface area (Å²) >= 11 is 2.00. The van der Waals surface area contributed by atoms with Crippen LogP contribution in [-0.4, -0.2) is 14.5 Å². The predicted molar refractivity (Wildman–Crippen MR) is 263 cm³/mol. The zero-order chi connectivity index (χ0) is 39.3. The molecule has 11 aromatic carbocycles. The Kier molecular flexibility index (Phi) is 7.59. The Bertz CT molecular complexity index is 3770. The van der Waals surface area contributed by atoms with Crippen LogP contribution in [0.4, 0.5) is 0 Å². The van der Waals surface area contributed by atoms with E-state index in [1.807, 2.05) is 11.3 Å². The second-order valence-corrected chi connectivity index (χ2v) is 19.1. The molecule has 2 aromatic heterocycles. The monoisotopic (exact) mass is 842 g/mol. The van der Waals surface area contributed by atoms with Crippen LogP contribution < -0.4 is 0 Å². The van der Waals surface area contributed by atoms with Gasteiger partial charge in [-0.3, -0.25) is 0 Å². The van der Waals surface area contributed by atoms with E-state index in [9.17, 15) is 0 Å². The molecule has 278 valence electrons. The SMILES string of the molecule is c1ccc(-c2c3ccccc3c(-c3cccc4[se]c5c(-c6c7ccccc7c(-c7ccc8c(c7)sc7ccccc78)c7ccccc67)cccc5c34)c3ccccc23)cc1. The number of thiophene rings is 1. The maximum absolute atomic E-state index is 2.43. The summed E-state index contributed by atoms with van der Waals surface area (Å²) in [5.74, 6) is 0. The summed E-state index contributed by atoms with van der Waals surface area (Å²) < 4.78 is 5.59. The zero-order valence-corrected chi connectivity index (χ0v) is 35.0. The van der Waals surface area contributed by atoms with Crippen LogP contribution in [-0.2, 0) is 0 Å². The van der Waals surface area contributed by atoms with Crippen molar-refractivity contribution in [2.75, 3.05) is 0 Å². The van der Waals surface area contributed by atoms with Crippen molar-refractivity contribution in [1.82, 2.24) is 0 Å². The summed E-state index contributed by atoms with van der Waals surface area (Å²) in [6, 6.07) is 77.3. The van der Waals surface area contributed by atoms with Gasteiger partial charge in [0.15, 0.2) is 0 Å². The minimum atomic E-state index is 0.111. The molecule has 0 radical (unpaired) electrons. The molecule has 0 saturated heterocycles. The van der Waals surface area contributed by atoms with E-state index in [0.29, 0.717) is 0 Å². The van der Waals surface area contributed by atoms with Crippen molar-refractivity contribution in [2.45, 2.75) is 0 Å². The summed E-state index contributed by atoms with van der Waals surface area (Å²) in [6.07, 6.45) is 0. The molecule has 0 nitrogen and oxygen atoms in total. The fourth-order valence-corrected chi connectivity index (χ4v) is 14.0. The molecule has 13 rings (SSSR count). The summed E-state index contributed by atoms with van der Waals surface area (Å²) in [5, 5.41) is 15.8. The Morgan fingerprint density at radius 3 is 1.35 bits per heavy atom. The van der Waals surface area contributed by atoms with Gasteiger partial charge < -0.3 is 0 Å². The third-order valence-electron chi connectivity index (χ3n) is 12.7. The van der Waals surface area contributed by atoms with Gasteiger partial charge in [0.1, 0.15) is 0 Å². The molecule has 0 fully saturated rings. The summed E-state index contributed by atoms with van der Waals surface area (Å²) in [5.41, 5.74) is 10.5. The Morgan fingerprint density at radius 1 is 0.283 bits per heavy atom. The van der Waals surface area contributed by atoms with Gasteiger partial charge in [-0.1, -0.05) is 12.1 Å². The van der Waals surface area contributed by atoms with E-state index in [0.717, 1.165) is 0 Å². The average molecular weight is 842 g/mol. The van der Waals surface area contributed by atoms with E-state index >= 15 is 0 Å². The number of hydrogen-bond acceptors (Lipinski definition) is 1. The molecule has 0 aliphatic heterocycles. The normalized spacial score (nSPS) is 12.0. The average Bonchev–Trinajstić information content (AvgIpc) is 3.89. The second-order valence-electron chi connectivity index (χ2n) is 15.8. The molecule has 0 bridgehead atoms. The first-order valence-electron chi connectivity index (χ1n) is 20.6. The fourth-order valence-electron chi connectivity index (χ4n) is 10.2. The van der Waals surface area contributed by atoms with Crippen LogP contribution in [0.3, 0.4) is 0 Å². The number of hydrogen-bond donors (Lipinski definition) is 0. The van der Waals surface area contributed by atoms with Gasteiger partial charge >= 0.3 is 347 Å². The van der Waals surface area contributed by atoms with Crippen molar-refractivity contribution >= 4 is 108 Å². The van der Waals surface area contributed by atoms with Crippen LogP contribution in [0.2, 0.25) is 0 Å². The molecule has 0 unspecified atom stereocenters. The molecule has 0 aliphatic carbocycles.